The number of nitrogens with one attached hydrogen (secondary N) is 1. The monoisotopic (exact) mass is 109 g/mol. The molecule has 1 heteroatoms. The fourth-order valence-electron chi connectivity index (χ4n) is 0.637. The van der Waals surface area contributed by atoms with Gasteiger partial charge in [0.1, 0.15) is 0 Å². The van der Waals surface area contributed by atoms with Crippen LogP contribution >= 0.6 is 0 Å². The fourth-order valence-corrected chi connectivity index (χ4v) is 0.637. The standard InChI is InChI=1S/C7H11N/c1-7(2)3-5-8-6-4-7/h3-6,8H,1-2H3. The molecule has 1 aliphatic rings. The van der Waals surface area contributed by atoms with Crippen molar-refractivity contribution in [2.24, 2.45) is 5.41 Å². The molecule has 0 atom stereocenters. The molecule has 8 heavy (non-hydrogen) atoms. The summed E-state index contributed by atoms with van der Waals surface area (Å²) in [5.74, 6) is 0. The minimum Gasteiger partial charge on any atom is -0.368 e. The maximum absolute atomic E-state index is 2.98. The first-order valence-corrected chi connectivity index (χ1v) is 2.82. The van der Waals surface area contributed by atoms with Crippen LogP contribution in [0.25, 0.3) is 0 Å². The third-order valence-corrected chi connectivity index (χ3v) is 1.22. The molecular weight excluding hydrogens is 98.1 g/mol. The van der Waals surface area contributed by atoms with Crippen molar-refractivity contribution in [1.29, 1.82) is 0 Å². The molecule has 0 unspecified atom stereocenters. The van der Waals surface area contributed by atoms with Crippen LogP contribution in [0.15, 0.2) is 24.6 Å². The van der Waals surface area contributed by atoms with Gasteiger partial charge in [0.2, 0.25) is 0 Å². The van der Waals surface area contributed by atoms with Gasteiger partial charge in [-0.15, -0.1) is 0 Å². The highest BCUT2D eigenvalue weighted by molar-refractivity contribution is 5.11. The Kier molecular flexibility index (Phi) is 1.12. The molecule has 0 aromatic heterocycles. The van der Waals surface area contributed by atoms with E-state index < -0.39 is 0 Å². The van der Waals surface area contributed by atoms with Gasteiger partial charge in [0.05, 0.1) is 0 Å². The van der Waals surface area contributed by atoms with Crippen LogP contribution in [-0.2, 0) is 0 Å². The first kappa shape index (κ1) is 5.42. The smallest absolute Gasteiger partial charge is 0.00390 e. The molecule has 0 aromatic carbocycles. The summed E-state index contributed by atoms with van der Waals surface area (Å²) in [5.41, 5.74) is 0.255. The Morgan fingerprint density at radius 3 is 1.88 bits per heavy atom. The molecule has 0 spiro atoms. The van der Waals surface area contributed by atoms with Gasteiger partial charge in [0, 0.05) is 5.41 Å². The summed E-state index contributed by atoms with van der Waals surface area (Å²) < 4.78 is 0. The predicted octanol–water partition coefficient (Wildman–Crippen LogP) is 1.64. The van der Waals surface area contributed by atoms with Crippen molar-refractivity contribution in [3.63, 3.8) is 0 Å². The van der Waals surface area contributed by atoms with Gasteiger partial charge < -0.3 is 5.32 Å². The molecule has 1 N–H and O–H groups in total. The van der Waals surface area contributed by atoms with Crippen LogP contribution in [0.1, 0.15) is 13.8 Å². The third-order valence-electron chi connectivity index (χ3n) is 1.22. The fraction of sp³-hybridized carbons (Fsp3) is 0.429. The largest absolute Gasteiger partial charge is 0.368 e. The van der Waals surface area contributed by atoms with Gasteiger partial charge >= 0.3 is 0 Å². The minimum atomic E-state index is 0.255. The second-order valence-corrected chi connectivity index (χ2v) is 2.65. The zero-order valence-corrected chi connectivity index (χ0v) is 5.31. The Morgan fingerprint density at radius 1 is 1.12 bits per heavy atom. The lowest BCUT2D eigenvalue weighted by atomic mass is 9.93. The second-order valence-electron chi connectivity index (χ2n) is 2.65. The van der Waals surface area contributed by atoms with E-state index in [9.17, 15) is 0 Å². The van der Waals surface area contributed by atoms with Crippen LogP contribution in [0.4, 0.5) is 0 Å². The van der Waals surface area contributed by atoms with Crippen molar-refractivity contribution >= 4 is 0 Å². The number of hydrogen-bond donors (Lipinski definition) is 1. The van der Waals surface area contributed by atoms with E-state index in [4.69, 9.17) is 0 Å². The first-order valence-electron chi connectivity index (χ1n) is 2.82. The summed E-state index contributed by atoms with van der Waals surface area (Å²) in [6.07, 6.45) is 8.18. The molecule has 44 valence electrons. The quantitative estimate of drug-likeness (QED) is 0.498. The van der Waals surface area contributed by atoms with Gasteiger partial charge in [-0.2, -0.15) is 0 Å². The Hall–Kier alpha value is -0.720. The van der Waals surface area contributed by atoms with E-state index in [0.29, 0.717) is 0 Å². The number of allylic oxidation sites excluding steroid dienone is 2. The average molecular weight is 109 g/mol. The second kappa shape index (κ2) is 1.66. The molecule has 0 amide bonds. The van der Waals surface area contributed by atoms with Crippen molar-refractivity contribution in [1.82, 2.24) is 5.32 Å². The van der Waals surface area contributed by atoms with E-state index in [1.165, 1.54) is 0 Å². The van der Waals surface area contributed by atoms with Gasteiger partial charge in [0.15, 0.2) is 0 Å². The van der Waals surface area contributed by atoms with Gasteiger partial charge in [-0.1, -0.05) is 26.0 Å². The first-order chi connectivity index (χ1) is 3.71. The summed E-state index contributed by atoms with van der Waals surface area (Å²) >= 11 is 0. The summed E-state index contributed by atoms with van der Waals surface area (Å²) in [6, 6.07) is 0. The van der Waals surface area contributed by atoms with E-state index in [0.717, 1.165) is 0 Å². The molecular formula is C7H11N. The molecule has 0 radical (unpaired) electrons. The maximum Gasteiger partial charge on any atom is 0.00390 e. The van der Waals surface area contributed by atoms with Crippen molar-refractivity contribution in [3.8, 4) is 0 Å². The van der Waals surface area contributed by atoms with E-state index in [2.05, 4.69) is 31.3 Å². The lowest BCUT2D eigenvalue weighted by molar-refractivity contribution is 0.609. The van der Waals surface area contributed by atoms with Gasteiger partial charge in [-0.3, -0.25) is 0 Å². The number of rotatable bonds is 0. The number of dihydropyridines is 1. The Morgan fingerprint density at radius 2 is 1.62 bits per heavy atom. The van der Waals surface area contributed by atoms with Crippen LogP contribution in [0.2, 0.25) is 0 Å². The van der Waals surface area contributed by atoms with Crippen molar-refractivity contribution in [2.45, 2.75) is 13.8 Å². The SMILES string of the molecule is CC1(C)C=CNC=C1. The minimum absolute atomic E-state index is 0.255. The van der Waals surface area contributed by atoms with Crippen LogP contribution in [0, 0.1) is 5.41 Å². The van der Waals surface area contributed by atoms with Crippen LogP contribution in [0.5, 0.6) is 0 Å². The van der Waals surface area contributed by atoms with Crippen LogP contribution in [-0.4, -0.2) is 0 Å². The molecule has 0 aliphatic carbocycles. The predicted molar refractivity (Wildman–Crippen MR) is 35.2 cm³/mol. The molecule has 0 fully saturated rings. The van der Waals surface area contributed by atoms with E-state index in [1.54, 1.807) is 0 Å². The maximum atomic E-state index is 2.98. The highest BCUT2D eigenvalue weighted by atomic mass is 14.8. The Labute approximate surface area is 50.1 Å². The normalized spacial score (nSPS) is 22.8. The van der Waals surface area contributed by atoms with Crippen LogP contribution in [0.3, 0.4) is 0 Å². The van der Waals surface area contributed by atoms with Gasteiger partial charge in [-0.25, -0.2) is 0 Å². The third kappa shape index (κ3) is 1.12. The Balaban J connectivity index is 2.69. The molecule has 0 bridgehead atoms. The summed E-state index contributed by atoms with van der Waals surface area (Å²) in [7, 11) is 0. The van der Waals surface area contributed by atoms with Gasteiger partial charge in [0.25, 0.3) is 0 Å². The zero-order chi connectivity index (χ0) is 6.04. The summed E-state index contributed by atoms with van der Waals surface area (Å²) in [5, 5.41) is 2.98. The van der Waals surface area contributed by atoms with E-state index >= 15 is 0 Å². The molecule has 1 heterocycles. The van der Waals surface area contributed by atoms with E-state index in [-0.39, 0.29) is 5.41 Å². The molecule has 0 aromatic rings. The molecule has 0 saturated heterocycles. The molecule has 1 aliphatic heterocycles. The highest BCUT2D eigenvalue weighted by Crippen LogP contribution is 2.19. The number of hydrogen-bond acceptors (Lipinski definition) is 1. The van der Waals surface area contributed by atoms with Gasteiger partial charge in [-0.05, 0) is 12.4 Å². The molecule has 1 nitrogen and oxygen atoms in total. The topological polar surface area (TPSA) is 12.0 Å². The van der Waals surface area contributed by atoms with Crippen molar-refractivity contribution < 1.29 is 0 Å². The summed E-state index contributed by atoms with van der Waals surface area (Å²) in [6.45, 7) is 4.34. The van der Waals surface area contributed by atoms with Crippen molar-refractivity contribution in [3.05, 3.63) is 24.6 Å². The molecule has 1 rings (SSSR count). The van der Waals surface area contributed by atoms with Crippen LogP contribution < -0.4 is 5.32 Å². The molecule has 0 saturated carbocycles. The summed E-state index contributed by atoms with van der Waals surface area (Å²) in [4.78, 5) is 0. The lowest BCUT2D eigenvalue weighted by Gasteiger charge is -2.17. The Bertz CT molecular complexity index is 117. The lowest BCUT2D eigenvalue weighted by Crippen LogP contribution is -2.10. The highest BCUT2D eigenvalue weighted by Gasteiger charge is 2.09. The van der Waals surface area contributed by atoms with E-state index in [1.807, 2.05) is 12.4 Å². The van der Waals surface area contributed by atoms with Crippen molar-refractivity contribution in [2.75, 3.05) is 0 Å². The zero-order valence-electron chi connectivity index (χ0n) is 5.31. The average Bonchev–Trinajstić information content (AvgIpc) is 1.65.